The minimum absolute atomic E-state index is 0.0709. The monoisotopic (exact) mass is 338 g/mol. The standard InChI is InChI=1S/C17H15N5O3/c1-25-12-7-5-11(6-8-12)22-17(24)15(21-9-3-2-4-10-21)13(18)14(20-22)16(19)23/h2-10H,1H3,(H3-,18,19,23,24)/p+1. The van der Waals surface area contributed by atoms with Gasteiger partial charge in [-0.1, -0.05) is 6.07 Å². The molecule has 0 fully saturated rings. The summed E-state index contributed by atoms with van der Waals surface area (Å²) in [6, 6.07) is 11.9. The van der Waals surface area contributed by atoms with Crippen LogP contribution in [0.25, 0.3) is 11.4 Å². The fourth-order valence-corrected chi connectivity index (χ4v) is 2.40. The van der Waals surface area contributed by atoms with Gasteiger partial charge in [0.05, 0.1) is 12.8 Å². The Morgan fingerprint density at radius 2 is 1.80 bits per heavy atom. The Labute approximate surface area is 142 Å². The smallest absolute Gasteiger partial charge is 0.346 e. The Kier molecular flexibility index (Phi) is 4.17. The fraction of sp³-hybridized carbons (Fsp3) is 0.0588. The van der Waals surface area contributed by atoms with E-state index in [0.717, 1.165) is 4.68 Å². The highest BCUT2D eigenvalue weighted by atomic mass is 16.5. The summed E-state index contributed by atoms with van der Waals surface area (Å²) in [5.41, 5.74) is 11.2. The summed E-state index contributed by atoms with van der Waals surface area (Å²) in [6.07, 6.45) is 3.30. The maximum absolute atomic E-state index is 12.9. The molecule has 25 heavy (non-hydrogen) atoms. The minimum Gasteiger partial charge on any atom is -0.497 e. The summed E-state index contributed by atoms with van der Waals surface area (Å²) in [7, 11) is 1.54. The second-order valence-corrected chi connectivity index (χ2v) is 5.17. The van der Waals surface area contributed by atoms with Crippen molar-refractivity contribution < 1.29 is 14.1 Å². The predicted molar refractivity (Wildman–Crippen MR) is 90.8 cm³/mol. The Balaban J connectivity index is 2.31. The molecule has 8 nitrogen and oxygen atoms in total. The van der Waals surface area contributed by atoms with Crippen LogP contribution in [0.5, 0.6) is 5.75 Å². The van der Waals surface area contributed by atoms with Gasteiger partial charge in [0.1, 0.15) is 11.4 Å². The van der Waals surface area contributed by atoms with Gasteiger partial charge in [0.2, 0.25) is 0 Å². The zero-order valence-electron chi connectivity index (χ0n) is 13.4. The van der Waals surface area contributed by atoms with Crippen molar-refractivity contribution in [2.24, 2.45) is 5.73 Å². The first-order valence-electron chi connectivity index (χ1n) is 7.36. The van der Waals surface area contributed by atoms with Crippen molar-refractivity contribution in [3.05, 3.63) is 70.9 Å². The third-order valence-corrected chi connectivity index (χ3v) is 3.63. The first kappa shape index (κ1) is 16.2. The lowest BCUT2D eigenvalue weighted by atomic mass is 10.2. The van der Waals surface area contributed by atoms with Crippen LogP contribution in [0.3, 0.4) is 0 Å². The van der Waals surface area contributed by atoms with Gasteiger partial charge in [0.25, 0.3) is 5.91 Å². The molecule has 3 rings (SSSR count). The van der Waals surface area contributed by atoms with Crippen LogP contribution in [0.2, 0.25) is 0 Å². The SMILES string of the molecule is COc1ccc(-n2nc(C(N)=O)c(N)c(-[n+]3ccccc3)c2=O)cc1. The number of ether oxygens (including phenoxy) is 1. The number of methoxy groups -OCH3 is 1. The molecule has 4 N–H and O–H groups in total. The Hall–Kier alpha value is -3.68. The second kappa shape index (κ2) is 6.44. The number of primary amides is 1. The Morgan fingerprint density at radius 3 is 2.36 bits per heavy atom. The molecular formula is C17H16N5O3+. The molecule has 1 amide bonds. The molecule has 0 spiro atoms. The van der Waals surface area contributed by atoms with Crippen LogP contribution in [0.1, 0.15) is 10.5 Å². The lowest BCUT2D eigenvalue weighted by Gasteiger charge is -2.10. The van der Waals surface area contributed by atoms with Crippen LogP contribution in [-0.4, -0.2) is 22.8 Å². The largest absolute Gasteiger partial charge is 0.497 e. The van der Waals surface area contributed by atoms with E-state index in [1.165, 1.54) is 11.7 Å². The van der Waals surface area contributed by atoms with Gasteiger partial charge in [-0.15, -0.1) is 0 Å². The topological polar surface area (TPSA) is 117 Å². The van der Waals surface area contributed by atoms with Crippen molar-refractivity contribution in [2.75, 3.05) is 12.8 Å². The molecule has 0 atom stereocenters. The highest BCUT2D eigenvalue weighted by Gasteiger charge is 2.26. The lowest BCUT2D eigenvalue weighted by Crippen LogP contribution is -2.42. The number of amides is 1. The van der Waals surface area contributed by atoms with Crippen LogP contribution in [0.4, 0.5) is 5.69 Å². The number of aromatic nitrogens is 3. The fourth-order valence-electron chi connectivity index (χ4n) is 2.40. The number of nitrogen functional groups attached to an aromatic ring is 1. The molecule has 126 valence electrons. The number of hydrogen-bond acceptors (Lipinski definition) is 5. The van der Waals surface area contributed by atoms with Crippen molar-refractivity contribution in [3.8, 4) is 17.1 Å². The van der Waals surface area contributed by atoms with Gasteiger partial charge < -0.3 is 16.2 Å². The van der Waals surface area contributed by atoms with Crippen molar-refractivity contribution >= 4 is 11.6 Å². The summed E-state index contributed by atoms with van der Waals surface area (Å²) < 4.78 is 7.71. The van der Waals surface area contributed by atoms with Gasteiger partial charge in [-0.3, -0.25) is 9.59 Å². The van der Waals surface area contributed by atoms with E-state index in [4.69, 9.17) is 16.2 Å². The van der Waals surface area contributed by atoms with Crippen molar-refractivity contribution in [3.63, 3.8) is 0 Å². The summed E-state index contributed by atoms with van der Waals surface area (Å²) >= 11 is 0. The van der Waals surface area contributed by atoms with Crippen LogP contribution >= 0.6 is 0 Å². The average Bonchev–Trinajstić information content (AvgIpc) is 2.63. The van der Waals surface area contributed by atoms with E-state index in [-0.39, 0.29) is 17.1 Å². The molecular weight excluding hydrogens is 322 g/mol. The zero-order valence-corrected chi connectivity index (χ0v) is 13.4. The summed E-state index contributed by atoms with van der Waals surface area (Å²) in [5, 5.41) is 4.03. The van der Waals surface area contributed by atoms with E-state index in [0.29, 0.717) is 11.4 Å². The van der Waals surface area contributed by atoms with E-state index in [2.05, 4.69) is 5.10 Å². The summed E-state index contributed by atoms with van der Waals surface area (Å²) in [4.78, 5) is 24.7. The quantitative estimate of drug-likeness (QED) is 0.659. The molecule has 3 aromatic rings. The molecule has 0 aliphatic carbocycles. The average molecular weight is 338 g/mol. The lowest BCUT2D eigenvalue weighted by molar-refractivity contribution is -0.596. The highest BCUT2D eigenvalue weighted by Crippen LogP contribution is 2.16. The van der Waals surface area contributed by atoms with Gasteiger partial charge in [-0.2, -0.15) is 14.3 Å². The molecule has 2 heterocycles. The van der Waals surface area contributed by atoms with Crippen LogP contribution < -0.4 is 26.3 Å². The minimum atomic E-state index is -0.822. The number of anilines is 1. The Morgan fingerprint density at radius 1 is 1.16 bits per heavy atom. The maximum Gasteiger partial charge on any atom is 0.346 e. The number of nitrogens with two attached hydrogens (primary N) is 2. The van der Waals surface area contributed by atoms with Gasteiger partial charge in [-0.05, 0) is 24.3 Å². The molecule has 0 saturated heterocycles. The molecule has 0 saturated carbocycles. The number of pyridine rings is 1. The van der Waals surface area contributed by atoms with E-state index in [1.54, 1.807) is 54.9 Å². The first-order valence-corrected chi connectivity index (χ1v) is 7.36. The number of hydrogen-bond donors (Lipinski definition) is 2. The van der Waals surface area contributed by atoms with Gasteiger partial charge in [0.15, 0.2) is 18.1 Å². The van der Waals surface area contributed by atoms with E-state index >= 15 is 0 Å². The van der Waals surface area contributed by atoms with Gasteiger partial charge in [0, 0.05) is 12.1 Å². The molecule has 0 unspecified atom stereocenters. The number of carbonyl (C=O) groups is 1. The molecule has 0 radical (unpaired) electrons. The Bertz CT molecular complexity index is 982. The highest BCUT2D eigenvalue weighted by molar-refractivity contribution is 5.96. The molecule has 2 aromatic heterocycles. The number of rotatable bonds is 4. The van der Waals surface area contributed by atoms with E-state index < -0.39 is 11.5 Å². The van der Waals surface area contributed by atoms with Crippen LogP contribution in [-0.2, 0) is 0 Å². The van der Waals surface area contributed by atoms with Crippen molar-refractivity contribution in [1.82, 2.24) is 9.78 Å². The molecule has 0 bridgehead atoms. The molecule has 0 aliphatic rings. The van der Waals surface area contributed by atoms with Crippen LogP contribution in [0, 0.1) is 0 Å². The zero-order chi connectivity index (χ0) is 18.0. The van der Waals surface area contributed by atoms with Crippen molar-refractivity contribution in [2.45, 2.75) is 0 Å². The van der Waals surface area contributed by atoms with Crippen molar-refractivity contribution in [1.29, 1.82) is 0 Å². The predicted octanol–water partition coefficient (Wildman–Crippen LogP) is 0.199. The molecule has 0 aliphatic heterocycles. The van der Waals surface area contributed by atoms with E-state index in [9.17, 15) is 9.59 Å². The van der Waals surface area contributed by atoms with Gasteiger partial charge >= 0.3 is 11.2 Å². The molecule has 8 heteroatoms. The van der Waals surface area contributed by atoms with Crippen LogP contribution in [0.15, 0.2) is 59.7 Å². The normalized spacial score (nSPS) is 10.4. The summed E-state index contributed by atoms with van der Waals surface area (Å²) in [6.45, 7) is 0. The number of nitrogens with zero attached hydrogens (tertiary/aromatic N) is 3. The first-order chi connectivity index (χ1) is 12.0. The number of carbonyl (C=O) groups excluding carboxylic acids is 1. The number of benzene rings is 1. The maximum atomic E-state index is 12.9. The second-order valence-electron chi connectivity index (χ2n) is 5.17. The third-order valence-electron chi connectivity index (χ3n) is 3.63. The molecule has 1 aromatic carbocycles. The van der Waals surface area contributed by atoms with E-state index in [1.807, 2.05) is 0 Å². The summed E-state index contributed by atoms with van der Waals surface area (Å²) in [5.74, 6) is -0.197. The third kappa shape index (κ3) is 2.92. The van der Waals surface area contributed by atoms with Gasteiger partial charge in [-0.25, -0.2) is 0 Å².